The van der Waals surface area contributed by atoms with Gasteiger partial charge in [0.05, 0.1) is 37.3 Å². The predicted molar refractivity (Wildman–Crippen MR) is 174 cm³/mol. The van der Waals surface area contributed by atoms with Gasteiger partial charge in [0, 0.05) is 25.1 Å². The number of likely N-dealkylation sites (tertiary alicyclic amines) is 2. The van der Waals surface area contributed by atoms with E-state index in [2.05, 4.69) is 4.98 Å². The largest absolute Gasteiger partial charge is 0.475 e. The summed E-state index contributed by atoms with van der Waals surface area (Å²) in [6.07, 6.45) is -6.42. The summed E-state index contributed by atoms with van der Waals surface area (Å²) >= 11 is 0. The number of amides is 2. The van der Waals surface area contributed by atoms with Crippen LogP contribution in [0.5, 0.6) is 5.88 Å². The first-order valence-electron chi connectivity index (χ1n) is 16.5. The van der Waals surface area contributed by atoms with E-state index in [-0.39, 0.29) is 38.7 Å². The number of aliphatic hydroxyl groups is 1. The Bertz CT molecular complexity index is 1580. The highest BCUT2D eigenvalue weighted by Gasteiger charge is 2.48. The number of benzene rings is 2. The van der Waals surface area contributed by atoms with Gasteiger partial charge in [0.1, 0.15) is 19.8 Å². The van der Waals surface area contributed by atoms with Gasteiger partial charge in [-0.2, -0.15) is 13.2 Å². The molecule has 0 saturated carbocycles. The fraction of sp³-hybridized carbons (Fsp3) is 0.472. The predicted octanol–water partition coefficient (Wildman–Crippen LogP) is 7.82. The Morgan fingerprint density at radius 2 is 1.23 bits per heavy atom. The minimum absolute atomic E-state index is 0.0221. The van der Waals surface area contributed by atoms with Gasteiger partial charge >= 0.3 is 18.4 Å². The van der Waals surface area contributed by atoms with Crippen LogP contribution in [0.2, 0.25) is 0 Å². The van der Waals surface area contributed by atoms with Gasteiger partial charge in [-0.15, -0.1) is 0 Å². The van der Waals surface area contributed by atoms with E-state index in [4.69, 9.17) is 14.2 Å². The Morgan fingerprint density at radius 1 is 0.769 bits per heavy atom. The summed E-state index contributed by atoms with van der Waals surface area (Å²) in [7, 11) is 0. The molecule has 9 nitrogen and oxygen atoms in total. The van der Waals surface area contributed by atoms with E-state index < -0.39 is 79.2 Å². The molecule has 4 atom stereocenters. The van der Waals surface area contributed by atoms with Gasteiger partial charge in [-0.1, -0.05) is 74.5 Å². The van der Waals surface area contributed by atoms with E-state index in [1.807, 2.05) is 6.07 Å². The van der Waals surface area contributed by atoms with Gasteiger partial charge in [0.2, 0.25) is 5.88 Å². The lowest BCUT2D eigenvalue weighted by Crippen LogP contribution is -2.57. The van der Waals surface area contributed by atoms with Gasteiger partial charge in [0.15, 0.2) is 0 Å². The maximum atomic E-state index is 14.1. The second-order valence-corrected chi connectivity index (χ2v) is 12.9. The average Bonchev–Trinajstić information content (AvgIpc) is 3.09. The Labute approximate surface area is 296 Å². The van der Waals surface area contributed by atoms with Crippen LogP contribution in [0.3, 0.4) is 0 Å². The topological polar surface area (TPSA) is 101 Å². The summed E-state index contributed by atoms with van der Waals surface area (Å²) < 4.78 is 109. The molecule has 1 N–H and O–H groups in total. The number of aromatic nitrogens is 1. The van der Waals surface area contributed by atoms with Crippen LogP contribution in [0.1, 0.15) is 43.4 Å². The molecule has 52 heavy (non-hydrogen) atoms. The minimum Gasteiger partial charge on any atom is -0.475 e. The van der Waals surface area contributed by atoms with E-state index in [1.54, 1.807) is 68.4 Å². The fourth-order valence-electron chi connectivity index (χ4n) is 6.03. The van der Waals surface area contributed by atoms with Crippen LogP contribution in [0.15, 0.2) is 79.0 Å². The van der Waals surface area contributed by atoms with Crippen molar-refractivity contribution < 1.29 is 59.6 Å². The number of piperidine rings is 2. The van der Waals surface area contributed by atoms with Crippen molar-refractivity contribution in [2.75, 3.05) is 26.3 Å². The number of pyridine rings is 1. The first-order valence-corrected chi connectivity index (χ1v) is 16.5. The standard InChI is InChI=1S/C21H21F5N2O3.C15H19F2NO3/c1-14-9-20(22,23)13-28(19(29)31-11-15-5-3-2-4-6-15)17(14)12-30-18-8-7-16(10-27-18)21(24,25)26;1-11-7-15(16,17)10-18(13(11)8-19)14(20)21-9-12-5-3-2-4-6-12/h2-8,10,14,17H,9,11-13H2,1H3;2-6,11,13,19H,7-10H2,1H3/t14-,17-;11-,13-/m11/s1. The first-order chi connectivity index (χ1) is 24.5. The van der Waals surface area contributed by atoms with Gasteiger partial charge in [-0.25, -0.2) is 32.1 Å². The van der Waals surface area contributed by atoms with Crippen molar-refractivity contribution in [3.05, 3.63) is 95.7 Å². The quantitative estimate of drug-likeness (QED) is 0.235. The molecule has 2 aromatic carbocycles. The van der Waals surface area contributed by atoms with Crippen molar-refractivity contribution in [3.8, 4) is 5.88 Å². The molecule has 2 saturated heterocycles. The van der Waals surface area contributed by atoms with Crippen molar-refractivity contribution in [1.29, 1.82) is 0 Å². The number of alkyl halides is 7. The second kappa shape index (κ2) is 17.3. The lowest BCUT2D eigenvalue weighted by molar-refractivity contribution is -0.137. The molecular weight excluding hydrogens is 703 g/mol. The number of hydrogen-bond donors (Lipinski definition) is 1. The molecule has 0 unspecified atom stereocenters. The smallest absolute Gasteiger partial charge is 0.417 e. The van der Waals surface area contributed by atoms with Gasteiger partial charge < -0.3 is 19.3 Å². The summed E-state index contributed by atoms with van der Waals surface area (Å²) in [6, 6.07) is 18.2. The maximum absolute atomic E-state index is 14.1. The minimum atomic E-state index is -4.53. The molecule has 0 bridgehead atoms. The molecule has 5 rings (SSSR count). The molecule has 0 spiro atoms. The van der Waals surface area contributed by atoms with Crippen LogP contribution in [0, 0.1) is 11.8 Å². The Hall–Kier alpha value is -4.60. The van der Waals surface area contributed by atoms with Crippen molar-refractivity contribution in [2.24, 2.45) is 11.8 Å². The summed E-state index contributed by atoms with van der Waals surface area (Å²) in [4.78, 5) is 30.1. The molecule has 2 aliphatic rings. The summed E-state index contributed by atoms with van der Waals surface area (Å²) in [5, 5.41) is 9.34. The molecule has 16 heteroatoms. The van der Waals surface area contributed by atoms with E-state index in [0.29, 0.717) is 11.8 Å². The van der Waals surface area contributed by atoms with Crippen molar-refractivity contribution in [2.45, 2.75) is 70.0 Å². The van der Waals surface area contributed by atoms with Crippen LogP contribution >= 0.6 is 0 Å². The molecule has 2 fully saturated rings. The molecule has 284 valence electrons. The highest BCUT2D eigenvalue weighted by atomic mass is 19.4. The van der Waals surface area contributed by atoms with E-state index in [9.17, 15) is 45.4 Å². The van der Waals surface area contributed by atoms with Crippen LogP contribution in [-0.2, 0) is 28.9 Å². The molecule has 2 aliphatic heterocycles. The lowest BCUT2D eigenvalue weighted by Gasteiger charge is -2.42. The number of aliphatic hydroxyl groups excluding tert-OH is 1. The van der Waals surface area contributed by atoms with Crippen LogP contribution in [0.4, 0.5) is 40.3 Å². The summed E-state index contributed by atoms with van der Waals surface area (Å²) in [6.45, 7) is 0.992. The first kappa shape index (κ1) is 40.2. The van der Waals surface area contributed by atoms with E-state index in [1.165, 1.54) is 0 Å². The SMILES string of the molecule is C[C@@H]1CC(F)(F)CN(C(=O)OCc2ccccc2)[C@@H]1CO.C[C@@H]1CC(F)(F)CN(C(=O)OCc2ccccc2)[C@@H]1COc1ccc(C(F)(F)F)cn1. The normalized spacial score (nSPS) is 22.4. The van der Waals surface area contributed by atoms with Crippen molar-refractivity contribution >= 4 is 12.2 Å². The third-order valence-electron chi connectivity index (χ3n) is 8.69. The molecule has 3 heterocycles. The molecule has 1 aromatic heterocycles. The van der Waals surface area contributed by atoms with Gasteiger partial charge in [-0.05, 0) is 29.0 Å². The Morgan fingerprint density at radius 3 is 1.65 bits per heavy atom. The number of ether oxygens (including phenoxy) is 3. The number of nitrogens with zero attached hydrogens (tertiary/aromatic N) is 3. The summed E-state index contributed by atoms with van der Waals surface area (Å²) in [5.74, 6) is -7.26. The third-order valence-corrected chi connectivity index (χ3v) is 8.69. The maximum Gasteiger partial charge on any atom is 0.417 e. The van der Waals surface area contributed by atoms with E-state index in [0.717, 1.165) is 27.5 Å². The Kier molecular flexibility index (Phi) is 13.3. The van der Waals surface area contributed by atoms with Gasteiger partial charge in [-0.3, -0.25) is 9.80 Å². The highest BCUT2D eigenvalue weighted by Crippen LogP contribution is 2.36. The van der Waals surface area contributed by atoms with Crippen molar-refractivity contribution in [1.82, 2.24) is 14.8 Å². The number of rotatable bonds is 8. The number of halogens is 7. The molecule has 0 aliphatic carbocycles. The summed E-state index contributed by atoms with van der Waals surface area (Å²) in [5.41, 5.74) is 0.550. The van der Waals surface area contributed by atoms with Crippen LogP contribution in [-0.4, -0.2) is 82.3 Å². The number of hydrogen-bond acceptors (Lipinski definition) is 7. The van der Waals surface area contributed by atoms with Crippen LogP contribution < -0.4 is 4.74 Å². The number of carbonyl (C=O) groups is 2. The Balaban J connectivity index is 0.000000251. The zero-order valence-electron chi connectivity index (χ0n) is 28.4. The molecular formula is C36H40F7N3O6. The zero-order chi connectivity index (χ0) is 38.1. The highest BCUT2D eigenvalue weighted by molar-refractivity contribution is 5.69. The monoisotopic (exact) mass is 743 g/mol. The van der Waals surface area contributed by atoms with Crippen molar-refractivity contribution in [3.63, 3.8) is 0 Å². The van der Waals surface area contributed by atoms with Gasteiger partial charge in [0.25, 0.3) is 11.8 Å². The number of carbonyl (C=O) groups excluding carboxylic acids is 2. The van der Waals surface area contributed by atoms with Crippen LogP contribution in [0.25, 0.3) is 0 Å². The lowest BCUT2D eigenvalue weighted by atomic mass is 9.89. The zero-order valence-corrected chi connectivity index (χ0v) is 28.4. The fourth-order valence-corrected chi connectivity index (χ4v) is 6.03. The molecule has 0 radical (unpaired) electrons. The second-order valence-electron chi connectivity index (χ2n) is 12.9. The average molecular weight is 744 g/mol. The third kappa shape index (κ3) is 11.5. The van der Waals surface area contributed by atoms with E-state index >= 15 is 0 Å². The molecule has 3 aromatic rings. The molecule has 2 amide bonds.